The quantitative estimate of drug-likeness (QED) is 0.370. The van der Waals surface area contributed by atoms with Gasteiger partial charge in [0.05, 0.1) is 26.5 Å². The molecule has 0 atom stereocenters. The number of anilines is 1. The molecule has 0 radical (unpaired) electrons. The largest absolute Gasteiger partial charge is 0.496 e. The lowest BCUT2D eigenvalue weighted by molar-refractivity contribution is 0.0971. The molecule has 1 heterocycles. The molecular weight excluding hydrogens is 466 g/mol. The lowest BCUT2D eigenvalue weighted by atomic mass is 10.1. The summed E-state index contributed by atoms with van der Waals surface area (Å²) in [6.45, 7) is 4.47. The Labute approximate surface area is 208 Å². The van der Waals surface area contributed by atoms with Gasteiger partial charge in [-0.15, -0.1) is 10.2 Å². The molecule has 3 aromatic carbocycles. The van der Waals surface area contributed by atoms with E-state index in [1.807, 2.05) is 50.2 Å². The van der Waals surface area contributed by atoms with Crippen LogP contribution in [-0.2, 0) is 0 Å². The van der Waals surface area contributed by atoms with E-state index in [0.29, 0.717) is 29.3 Å². The Morgan fingerprint density at radius 3 is 2.23 bits per heavy atom. The number of aryl methyl sites for hydroxylation is 1. The van der Waals surface area contributed by atoms with Crippen LogP contribution in [0.4, 0.5) is 5.69 Å². The van der Waals surface area contributed by atoms with Crippen molar-refractivity contribution in [2.24, 2.45) is 0 Å². The highest BCUT2D eigenvalue weighted by Gasteiger charge is 2.19. The molecule has 0 aliphatic heterocycles. The summed E-state index contributed by atoms with van der Waals surface area (Å²) in [5.74, 6) is 1.11. The number of rotatable bonds is 7. The molecule has 1 amide bonds. The van der Waals surface area contributed by atoms with E-state index in [1.165, 1.54) is 14.2 Å². The number of hydrogen-bond donors (Lipinski definition) is 2. The van der Waals surface area contributed by atoms with Crippen molar-refractivity contribution in [1.29, 1.82) is 0 Å². The van der Waals surface area contributed by atoms with E-state index in [-0.39, 0.29) is 10.7 Å². The van der Waals surface area contributed by atoms with Gasteiger partial charge in [0.2, 0.25) is 0 Å². The third-order valence-corrected chi connectivity index (χ3v) is 5.44. The zero-order valence-corrected chi connectivity index (χ0v) is 20.6. The Balaban J connectivity index is 1.53. The number of benzene rings is 3. The number of methoxy groups -OCH3 is 2. The molecule has 0 spiro atoms. The molecule has 2 N–H and O–H groups in total. The molecule has 9 nitrogen and oxygen atoms in total. The van der Waals surface area contributed by atoms with Gasteiger partial charge in [-0.05, 0) is 80.2 Å². The van der Waals surface area contributed by atoms with Gasteiger partial charge in [0.1, 0.15) is 33.8 Å². The Hall–Kier alpha value is -4.18. The van der Waals surface area contributed by atoms with Crippen molar-refractivity contribution in [2.75, 3.05) is 26.1 Å². The van der Waals surface area contributed by atoms with Gasteiger partial charge in [0.15, 0.2) is 5.11 Å². The van der Waals surface area contributed by atoms with Crippen LogP contribution in [-0.4, -0.2) is 46.8 Å². The number of ether oxygens (including phenoxy) is 3. The molecular formula is C25H25N5O4S. The maximum atomic E-state index is 12.9. The van der Waals surface area contributed by atoms with Crippen LogP contribution in [0.3, 0.4) is 0 Å². The molecule has 1 aromatic heterocycles. The molecule has 4 rings (SSSR count). The van der Waals surface area contributed by atoms with Gasteiger partial charge >= 0.3 is 0 Å². The first-order valence-electron chi connectivity index (χ1n) is 10.9. The Morgan fingerprint density at radius 2 is 1.63 bits per heavy atom. The van der Waals surface area contributed by atoms with Crippen LogP contribution in [0, 0.1) is 6.92 Å². The number of carbonyl (C=O) groups excluding carboxylic acids is 1. The average Bonchev–Trinajstić information content (AvgIpc) is 3.26. The summed E-state index contributed by atoms with van der Waals surface area (Å²) in [7, 11) is 2.97. The van der Waals surface area contributed by atoms with Gasteiger partial charge in [0, 0.05) is 5.69 Å². The first-order valence-corrected chi connectivity index (χ1v) is 11.3. The predicted molar refractivity (Wildman–Crippen MR) is 138 cm³/mol. The second kappa shape index (κ2) is 10.4. The minimum Gasteiger partial charge on any atom is -0.496 e. The first kappa shape index (κ1) is 24.0. The smallest absolute Gasteiger partial charge is 0.264 e. The number of hydrogen-bond acceptors (Lipinski definition) is 7. The summed E-state index contributed by atoms with van der Waals surface area (Å²) in [6.07, 6.45) is 0. The summed E-state index contributed by atoms with van der Waals surface area (Å²) in [4.78, 5) is 14.5. The average molecular weight is 492 g/mol. The lowest BCUT2D eigenvalue weighted by Gasteiger charge is -2.15. The maximum Gasteiger partial charge on any atom is 0.264 e. The van der Waals surface area contributed by atoms with E-state index in [9.17, 15) is 4.79 Å². The van der Waals surface area contributed by atoms with Crippen molar-refractivity contribution in [1.82, 2.24) is 20.3 Å². The number of aromatic nitrogens is 3. The standard InChI is InChI=1S/C25H25N5O4S/c1-5-34-17-11-9-16(10-12-17)30-28-19-13-15(2)18(14-20(19)29-30)26-25(35)27-24(31)23-21(32-3)7-6-8-22(23)33-4/h6-14H,5H2,1-4H3,(H2,26,27,31,35). The van der Waals surface area contributed by atoms with E-state index in [0.717, 1.165) is 22.5 Å². The van der Waals surface area contributed by atoms with Crippen LogP contribution in [0.15, 0.2) is 54.6 Å². The molecule has 0 aliphatic rings. The Bertz CT molecular complexity index is 1360. The van der Waals surface area contributed by atoms with E-state index in [2.05, 4.69) is 20.8 Å². The molecule has 180 valence electrons. The van der Waals surface area contributed by atoms with E-state index < -0.39 is 5.91 Å². The molecule has 0 fully saturated rings. The molecule has 0 unspecified atom stereocenters. The van der Waals surface area contributed by atoms with Crippen molar-refractivity contribution in [3.8, 4) is 22.9 Å². The number of nitrogens with zero attached hydrogens (tertiary/aromatic N) is 3. The summed E-state index contributed by atoms with van der Waals surface area (Å²) in [5.41, 5.74) is 4.07. The summed E-state index contributed by atoms with van der Waals surface area (Å²) in [5, 5.41) is 15.0. The van der Waals surface area contributed by atoms with Gasteiger partial charge in [-0.25, -0.2) is 0 Å². The highest BCUT2D eigenvalue weighted by atomic mass is 32.1. The number of fused-ring (bicyclic) bond motifs is 1. The molecule has 10 heteroatoms. The molecule has 35 heavy (non-hydrogen) atoms. The molecule has 0 aliphatic carbocycles. The zero-order valence-electron chi connectivity index (χ0n) is 19.8. The van der Waals surface area contributed by atoms with Crippen LogP contribution < -0.4 is 24.8 Å². The van der Waals surface area contributed by atoms with E-state index in [1.54, 1.807) is 23.0 Å². The number of nitrogens with one attached hydrogen (secondary N) is 2. The van der Waals surface area contributed by atoms with Crippen molar-refractivity contribution < 1.29 is 19.0 Å². The SMILES string of the molecule is CCOc1ccc(-n2nc3cc(C)c(NC(=S)NC(=O)c4c(OC)cccc4OC)cc3n2)cc1. The van der Waals surface area contributed by atoms with Crippen molar-refractivity contribution in [3.05, 3.63) is 65.7 Å². The summed E-state index contributed by atoms with van der Waals surface area (Å²) >= 11 is 5.39. The lowest BCUT2D eigenvalue weighted by Crippen LogP contribution is -2.34. The number of carbonyl (C=O) groups is 1. The fourth-order valence-electron chi connectivity index (χ4n) is 3.55. The monoisotopic (exact) mass is 491 g/mol. The molecule has 0 bridgehead atoms. The summed E-state index contributed by atoms with van der Waals surface area (Å²) < 4.78 is 16.1. The molecule has 0 saturated carbocycles. The Morgan fingerprint density at radius 1 is 1.00 bits per heavy atom. The van der Waals surface area contributed by atoms with Crippen molar-refractivity contribution in [2.45, 2.75) is 13.8 Å². The summed E-state index contributed by atoms with van der Waals surface area (Å²) in [6, 6.07) is 16.4. The van der Waals surface area contributed by atoms with Crippen LogP contribution in [0.25, 0.3) is 16.7 Å². The minimum absolute atomic E-state index is 0.129. The third kappa shape index (κ3) is 5.17. The molecule has 0 saturated heterocycles. The van der Waals surface area contributed by atoms with Gasteiger partial charge in [-0.2, -0.15) is 4.80 Å². The first-order chi connectivity index (χ1) is 16.9. The van der Waals surface area contributed by atoms with Crippen molar-refractivity contribution in [3.63, 3.8) is 0 Å². The topological polar surface area (TPSA) is 99.5 Å². The third-order valence-electron chi connectivity index (χ3n) is 5.24. The second-order valence-corrected chi connectivity index (χ2v) is 7.93. The van der Waals surface area contributed by atoms with Gasteiger partial charge in [0.25, 0.3) is 5.91 Å². The van der Waals surface area contributed by atoms with Crippen LogP contribution in [0.5, 0.6) is 17.2 Å². The highest BCUT2D eigenvalue weighted by molar-refractivity contribution is 7.80. The normalized spacial score (nSPS) is 10.6. The second-order valence-electron chi connectivity index (χ2n) is 7.52. The minimum atomic E-state index is -0.447. The predicted octanol–water partition coefficient (Wildman–Crippen LogP) is 4.27. The van der Waals surface area contributed by atoms with Crippen LogP contribution in [0.2, 0.25) is 0 Å². The Kier molecular flexibility index (Phi) is 7.11. The molecule has 4 aromatic rings. The van der Waals surface area contributed by atoms with Gasteiger partial charge in [-0.1, -0.05) is 6.07 Å². The van der Waals surface area contributed by atoms with Crippen LogP contribution in [0.1, 0.15) is 22.8 Å². The fourth-order valence-corrected chi connectivity index (χ4v) is 3.76. The zero-order chi connectivity index (χ0) is 24.9. The highest BCUT2D eigenvalue weighted by Crippen LogP contribution is 2.28. The van der Waals surface area contributed by atoms with Gasteiger partial charge in [-0.3, -0.25) is 10.1 Å². The number of thiocarbonyl (C=S) groups is 1. The van der Waals surface area contributed by atoms with E-state index >= 15 is 0 Å². The van der Waals surface area contributed by atoms with Gasteiger partial charge < -0.3 is 19.5 Å². The fraction of sp³-hybridized carbons (Fsp3) is 0.200. The van der Waals surface area contributed by atoms with E-state index in [4.69, 9.17) is 26.4 Å². The number of amides is 1. The van der Waals surface area contributed by atoms with Crippen molar-refractivity contribution >= 4 is 40.0 Å². The van der Waals surface area contributed by atoms with Crippen LogP contribution >= 0.6 is 12.2 Å². The maximum absolute atomic E-state index is 12.9.